The summed E-state index contributed by atoms with van der Waals surface area (Å²) in [5, 5.41) is 12.6. The van der Waals surface area contributed by atoms with E-state index in [1.165, 1.54) is 0 Å². The van der Waals surface area contributed by atoms with E-state index in [9.17, 15) is 23.2 Å². The quantitative estimate of drug-likeness (QED) is 0.186. The topological polar surface area (TPSA) is 72.9 Å². The number of imidazole rings is 1. The lowest BCUT2D eigenvalue weighted by Gasteiger charge is -2.34. The normalized spacial score (nSPS) is 16.0. The van der Waals surface area contributed by atoms with Crippen molar-refractivity contribution in [2.45, 2.75) is 39.8 Å². The van der Waals surface area contributed by atoms with Gasteiger partial charge in [0.2, 0.25) is 6.21 Å². The molecule has 3 aromatic heterocycles. The van der Waals surface area contributed by atoms with Crippen LogP contribution in [0.3, 0.4) is 0 Å². The van der Waals surface area contributed by atoms with Gasteiger partial charge in [-0.05, 0) is 56.6 Å². The first-order chi connectivity index (χ1) is 17.6. The highest BCUT2D eigenvalue weighted by Crippen LogP contribution is 2.37. The SMILES string of the molecule is C/C=C(\C=[N+](\O)CC)CNC(=O)c1cc(N2CCC(C(F)(F)F)CC2)c2ncc(-c3ccc(C)s3)n2c1. The van der Waals surface area contributed by atoms with E-state index < -0.39 is 12.1 Å². The Balaban J connectivity index is 1.68. The summed E-state index contributed by atoms with van der Waals surface area (Å²) in [5.74, 6) is -1.65. The van der Waals surface area contributed by atoms with Gasteiger partial charge in [-0.2, -0.15) is 13.2 Å². The molecule has 2 N–H and O–H groups in total. The lowest BCUT2D eigenvalue weighted by Crippen LogP contribution is -2.39. The number of aryl methyl sites for hydroxylation is 1. The van der Waals surface area contributed by atoms with Crippen molar-refractivity contribution in [1.29, 1.82) is 0 Å². The Kier molecular flexibility index (Phi) is 7.91. The Morgan fingerprint density at radius 2 is 2.05 bits per heavy atom. The van der Waals surface area contributed by atoms with E-state index in [0.29, 0.717) is 23.4 Å². The molecule has 3 aromatic rings. The standard InChI is InChI=1S/C26H30F3N5O2S/c1-4-18(15-33(36)5-2)13-31-25(35)19-12-21(32-10-8-20(9-11-32)26(27,28)29)24-30-14-22(34(24)16-19)23-7-6-17(3)37-23/h4,6-7,12,14-16,20H,5,8-11,13H2,1-3H3,(H-,31,35,36)/p+1/b18-4-,33-15+. The molecule has 37 heavy (non-hydrogen) atoms. The van der Waals surface area contributed by atoms with Gasteiger partial charge in [0.05, 0.1) is 33.9 Å². The molecule has 0 unspecified atom stereocenters. The molecule has 0 atom stereocenters. The number of aromatic nitrogens is 2. The number of hydrogen-bond donors (Lipinski definition) is 2. The summed E-state index contributed by atoms with van der Waals surface area (Å²) in [4.78, 5) is 21.8. The molecule has 1 saturated heterocycles. The second-order valence-corrected chi connectivity index (χ2v) is 10.4. The van der Waals surface area contributed by atoms with Crippen LogP contribution in [0, 0.1) is 12.8 Å². The number of alkyl halides is 3. The predicted molar refractivity (Wildman–Crippen MR) is 139 cm³/mol. The highest BCUT2D eigenvalue weighted by atomic mass is 32.1. The number of carbonyl (C=O) groups excluding carboxylic acids is 1. The van der Waals surface area contributed by atoms with Crippen molar-refractivity contribution in [2.24, 2.45) is 5.92 Å². The van der Waals surface area contributed by atoms with Gasteiger partial charge in [-0.3, -0.25) is 14.4 Å². The molecule has 11 heteroatoms. The number of thiophene rings is 1. The molecule has 1 fully saturated rings. The first kappa shape index (κ1) is 26.7. The fourth-order valence-corrected chi connectivity index (χ4v) is 5.29. The molecule has 0 radical (unpaired) electrons. The van der Waals surface area contributed by atoms with Crippen LogP contribution in [-0.4, -0.2) is 63.8 Å². The van der Waals surface area contributed by atoms with Crippen LogP contribution in [-0.2, 0) is 0 Å². The van der Waals surface area contributed by atoms with Gasteiger partial charge in [0.1, 0.15) is 0 Å². The molecular formula is C26H31F3N5O2S+. The lowest BCUT2D eigenvalue weighted by molar-refractivity contribution is -0.769. The minimum absolute atomic E-state index is 0.000648. The summed E-state index contributed by atoms with van der Waals surface area (Å²) in [6, 6.07) is 5.71. The summed E-state index contributed by atoms with van der Waals surface area (Å²) >= 11 is 1.60. The van der Waals surface area contributed by atoms with E-state index >= 15 is 0 Å². The van der Waals surface area contributed by atoms with E-state index in [4.69, 9.17) is 0 Å². The van der Waals surface area contributed by atoms with Crippen molar-refractivity contribution in [3.63, 3.8) is 0 Å². The van der Waals surface area contributed by atoms with Gasteiger partial charge < -0.3 is 10.2 Å². The van der Waals surface area contributed by atoms with Gasteiger partial charge in [0.15, 0.2) is 12.2 Å². The number of allylic oxidation sites excluding steroid dienone is 1. The number of halogens is 3. The highest BCUT2D eigenvalue weighted by Gasteiger charge is 2.41. The summed E-state index contributed by atoms with van der Waals surface area (Å²) in [6.45, 7) is 6.69. The van der Waals surface area contributed by atoms with Crippen molar-refractivity contribution in [1.82, 2.24) is 14.7 Å². The zero-order chi connectivity index (χ0) is 26.7. The number of rotatable bonds is 7. The van der Waals surface area contributed by atoms with Crippen LogP contribution in [0.15, 0.2) is 42.2 Å². The van der Waals surface area contributed by atoms with Gasteiger partial charge in [0, 0.05) is 36.3 Å². The second-order valence-electron chi connectivity index (χ2n) is 9.10. The maximum absolute atomic E-state index is 13.3. The number of hydroxylamine groups is 1. The smallest absolute Gasteiger partial charge is 0.368 e. The largest absolute Gasteiger partial charge is 0.391 e. The minimum atomic E-state index is -4.20. The first-order valence-electron chi connectivity index (χ1n) is 12.2. The maximum Gasteiger partial charge on any atom is 0.391 e. The Labute approximate surface area is 217 Å². The second kappa shape index (κ2) is 11.0. The molecule has 4 heterocycles. The van der Waals surface area contributed by atoms with Crippen LogP contribution in [0.2, 0.25) is 0 Å². The number of piperidine rings is 1. The third-order valence-electron chi connectivity index (χ3n) is 6.60. The van der Waals surface area contributed by atoms with E-state index in [2.05, 4.69) is 10.3 Å². The molecule has 1 amide bonds. The number of nitrogens with one attached hydrogen (secondary N) is 1. The van der Waals surface area contributed by atoms with Crippen molar-refractivity contribution in [2.75, 3.05) is 31.1 Å². The van der Waals surface area contributed by atoms with Crippen LogP contribution in [0.1, 0.15) is 41.9 Å². The Morgan fingerprint density at radius 1 is 1.32 bits per heavy atom. The molecule has 1 aliphatic heterocycles. The molecule has 4 rings (SSSR count). The molecule has 0 spiro atoms. The number of carbonyl (C=O) groups is 1. The molecule has 198 valence electrons. The maximum atomic E-state index is 13.3. The summed E-state index contributed by atoms with van der Waals surface area (Å²) in [6.07, 6.45) is 2.60. The monoisotopic (exact) mass is 534 g/mol. The summed E-state index contributed by atoms with van der Waals surface area (Å²) in [7, 11) is 0. The van der Waals surface area contributed by atoms with Gasteiger partial charge in [-0.1, -0.05) is 6.08 Å². The average molecular weight is 535 g/mol. The number of pyridine rings is 1. The van der Waals surface area contributed by atoms with Crippen LogP contribution in [0.4, 0.5) is 18.9 Å². The minimum Gasteiger partial charge on any atom is -0.368 e. The highest BCUT2D eigenvalue weighted by molar-refractivity contribution is 7.15. The number of anilines is 1. The molecule has 1 aliphatic rings. The van der Waals surface area contributed by atoms with Gasteiger partial charge in [0.25, 0.3) is 5.91 Å². The molecule has 0 bridgehead atoms. The zero-order valence-corrected chi connectivity index (χ0v) is 21.9. The molecule has 0 aromatic carbocycles. The number of hydrogen-bond acceptors (Lipinski definition) is 5. The first-order valence-corrected chi connectivity index (χ1v) is 13.1. The predicted octanol–water partition coefficient (Wildman–Crippen LogP) is 5.32. The zero-order valence-electron chi connectivity index (χ0n) is 21.0. The third-order valence-corrected chi connectivity index (χ3v) is 7.63. The van der Waals surface area contributed by atoms with E-state index in [1.54, 1.807) is 49.0 Å². The Morgan fingerprint density at radius 3 is 2.65 bits per heavy atom. The molecular weight excluding hydrogens is 503 g/mol. The lowest BCUT2D eigenvalue weighted by atomic mass is 9.96. The molecule has 0 saturated carbocycles. The Bertz CT molecular complexity index is 1330. The fraction of sp³-hybridized carbons (Fsp3) is 0.423. The van der Waals surface area contributed by atoms with Crippen molar-refractivity contribution < 1.29 is 27.9 Å². The molecule has 7 nitrogen and oxygen atoms in total. The number of nitrogens with zero attached hydrogens (tertiary/aromatic N) is 4. The molecule has 0 aliphatic carbocycles. The van der Waals surface area contributed by atoms with Crippen molar-refractivity contribution in [3.05, 3.63) is 52.7 Å². The van der Waals surface area contributed by atoms with E-state index in [0.717, 1.165) is 25.8 Å². The van der Waals surface area contributed by atoms with Crippen molar-refractivity contribution in [3.8, 4) is 10.6 Å². The van der Waals surface area contributed by atoms with Crippen LogP contribution >= 0.6 is 11.3 Å². The van der Waals surface area contributed by atoms with E-state index in [-0.39, 0.29) is 38.4 Å². The average Bonchev–Trinajstić information content (AvgIpc) is 3.50. The van der Waals surface area contributed by atoms with Crippen LogP contribution in [0.25, 0.3) is 16.2 Å². The van der Waals surface area contributed by atoms with Crippen LogP contribution < -0.4 is 10.2 Å². The number of fused-ring (bicyclic) bond motifs is 1. The van der Waals surface area contributed by atoms with Gasteiger partial charge in [-0.25, -0.2) is 4.98 Å². The van der Waals surface area contributed by atoms with Crippen molar-refractivity contribution >= 4 is 34.8 Å². The van der Waals surface area contributed by atoms with Gasteiger partial charge in [-0.15, -0.1) is 11.3 Å². The fourth-order valence-electron chi connectivity index (χ4n) is 4.42. The van der Waals surface area contributed by atoms with E-state index in [1.807, 2.05) is 35.3 Å². The summed E-state index contributed by atoms with van der Waals surface area (Å²) < 4.78 is 42.7. The van der Waals surface area contributed by atoms with Crippen LogP contribution in [0.5, 0.6) is 0 Å². The third kappa shape index (κ3) is 5.98. The number of amides is 1. The summed E-state index contributed by atoms with van der Waals surface area (Å²) in [5.41, 5.74) is 3.16. The Hall–Kier alpha value is -3.34. The van der Waals surface area contributed by atoms with Gasteiger partial charge >= 0.3 is 6.18 Å².